The summed E-state index contributed by atoms with van der Waals surface area (Å²) in [5.41, 5.74) is 5.16. The van der Waals surface area contributed by atoms with Gasteiger partial charge >= 0.3 is 185 Å². The van der Waals surface area contributed by atoms with Gasteiger partial charge in [-0.25, -0.2) is 0 Å². The first kappa shape index (κ1) is 20.0. The predicted molar refractivity (Wildman–Crippen MR) is 115 cm³/mol. The van der Waals surface area contributed by atoms with Crippen LogP contribution in [0, 0.1) is 13.8 Å². The number of aryl methyl sites for hydroxylation is 2. The molecule has 0 fully saturated rings. The van der Waals surface area contributed by atoms with Gasteiger partial charge in [-0.1, -0.05) is 0 Å². The molecule has 3 aromatic rings. The van der Waals surface area contributed by atoms with Crippen molar-refractivity contribution < 1.29 is 26.2 Å². The number of allylic oxidation sites excluding steroid dienone is 1. The summed E-state index contributed by atoms with van der Waals surface area (Å²) in [5, 5.41) is 5.37. The third-order valence-corrected chi connectivity index (χ3v) is 7.81. The second-order valence-electron chi connectivity index (χ2n) is 6.65. The molecule has 0 radical (unpaired) electrons. The Balaban J connectivity index is 1.71. The number of methoxy groups -OCH3 is 1. The maximum absolute atomic E-state index is 5.63. The van der Waals surface area contributed by atoms with Gasteiger partial charge < -0.3 is 0 Å². The number of thiazole rings is 1. The summed E-state index contributed by atoms with van der Waals surface area (Å²) >= 11 is 1.39. The van der Waals surface area contributed by atoms with E-state index in [-0.39, 0.29) is 21.5 Å². The number of hydrogen-bond donors (Lipinski definition) is 1. The van der Waals surface area contributed by atoms with E-state index in [1.54, 1.807) is 24.8 Å². The molecule has 0 bridgehead atoms. The van der Waals surface area contributed by atoms with Crippen LogP contribution in [-0.2, 0) is 0 Å². The first-order chi connectivity index (χ1) is 14.0. The monoisotopic (exact) mass is 518 g/mol. The van der Waals surface area contributed by atoms with E-state index in [0.29, 0.717) is 6.54 Å². The molecule has 1 N–H and O–H groups in total. The minimum atomic E-state index is -0.292. The van der Waals surface area contributed by atoms with E-state index in [2.05, 4.69) is 47.7 Å². The standard InChI is InChI=1S/C21H21IN5OS/c1-12-5-6-15(9-22-27-12)10-23-20-17-7-16(21-26-13(2)14(3)29-21)8-18(28-4)19(17)24-11-25-20/h5-9,11H,10H2,1-4H3,(H,23,24,25)/q-1. The zero-order valence-electron chi connectivity index (χ0n) is 16.7. The van der Waals surface area contributed by atoms with Gasteiger partial charge in [-0.2, -0.15) is 0 Å². The first-order valence-electron chi connectivity index (χ1n) is 9.10. The number of rotatable bonds is 5. The molecule has 3 heterocycles. The molecule has 1 aliphatic rings. The van der Waals surface area contributed by atoms with Gasteiger partial charge in [0.15, 0.2) is 0 Å². The Morgan fingerprint density at radius 2 is 2.00 bits per heavy atom. The SMILES string of the molecule is COc1cc(-c2nc(C)c(C)s2)cc2c(NCC3=C[I-]N=C(C)C=C3)ncnc12. The van der Waals surface area contributed by atoms with Gasteiger partial charge in [0.05, 0.1) is 0 Å². The second-order valence-corrected chi connectivity index (χ2v) is 9.52. The first-order valence-corrected chi connectivity index (χ1v) is 12.1. The van der Waals surface area contributed by atoms with Gasteiger partial charge in [0.2, 0.25) is 0 Å². The van der Waals surface area contributed by atoms with Crippen LogP contribution in [-0.4, -0.2) is 34.3 Å². The van der Waals surface area contributed by atoms with E-state index < -0.39 is 0 Å². The molecule has 1 aromatic carbocycles. The number of anilines is 1. The third kappa shape index (κ3) is 4.32. The number of fused-ring (bicyclic) bond motifs is 1. The van der Waals surface area contributed by atoms with E-state index in [9.17, 15) is 0 Å². The summed E-state index contributed by atoms with van der Waals surface area (Å²) in [7, 11) is 1.67. The number of benzene rings is 1. The van der Waals surface area contributed by atoms with Crippen LogP contribution >= 0.6 is 11.3 Å². The summed E-state index contributed by atoms with van der Waals surface area (Å²) in [6.07, 6.45) is 5.75. The maximum atomic E-state index is 5.63. The summed E-state index contributed by atoms with van der Waals surface area (Å²) in [6.45, 7) is 6.85. The molecule has 0 saturated carbocycles. The van der Waals surface area contributed by atoms with Crippen LogP contribution in [0.1, 0.15) is 17.5 Å². The van der Waals surface area contributed by atoms with Crippen molar-refractivity contribution in [1.29, 1.82) is 0 Å². The Bertz CT molecular complexity index is 1150. The molecule has 0 amide bonds. The number of nitrogens with zero attached hydrogens (tertiary/aromatic N) is 4. The molecule has 0 unspecified atom stereocenters. The topological polar surface area (TPSA) is 72.3 Å². The molecule has 150 valence electrons. The van der Waals surface area contributed by atoms with Gasteiger partial charge in [-0.3, -0.25) is 0 Å². The zero-order valence-corrected chi connectivity index (χ0v) is 19.6. The van der Waals surface area contributed by atoms with Crippen LogP contribution in [0.3, 0.4) is 0 Å². The van der Waals surface area contributed by atoms with Crippen molar-refractivity contribution in [3.8, 4) is 16.3 Å². The number of ether oxygens (including phenoxy) is 1. The molecule has 8 heteroatoms. The molecule has 6 nitrogen and oxygen atoms in total. The van der Waals surface area contributed by atoms with Crippen LogP contribution in [0.4, 0.5) is 5.82 Å². The third-order valence-electron chi connectivity index (χ3n) is 4.57. The fraction of sp³-hybridized carbons (Fsp3) is 0.238. The summed E-state index contributed by atoms with van der Waals surface area (Å²) in [6, 6.07) is 4.09. The Morgan fingerprint density at radius 3 is 2.76 bits per heavy atom. The molecule has 0 atom stereocenters. The Morgan fingerprint density at radius 1 is 1.14 bits per heavy atom. The van der Waals surface area contributed by atoms with Gasteiger partial charge in [0.25, 0.3) is 0 Å². The van der Waals surface area contributed by atoms with Crippen molar-refractivity contribution in [3.05, 3.63) is 50.8 Å². The zero-order chi connectivity index (χ0) is 20.4. The van der Waals surface area contributed by atoms with E-state index in [1.807, 2.05) is 19.9 Å². The van der Waals surface area contributed by atoms with Crippen LogP contribution in [0.2, 0.25) is 0 Å². The van der Waals surface area contributed by atoms with Crippen molar-refractivity contribution in [2.75, 3.05) is 19.0 Å². The molecule has 0 aliphatic carbocycles. The molecule has 4 rings (SSSR count). The second kappa shape index (κ2) is 8.58. The molecule has 29 heavy (non-hydrogen) atoms. The molecule has 0 spiro atoms. The van der Waals surface area contributed by atoms with Gasteiger partial charge in [0, 0.05) is 0 Å². The van der Waals surface area contributed by atoms with Gasteiger partial charge in [-0.15, -0.1) is 0 Å². The number of hydrogen-bond acceptors (Lipinski definition) is 7. The average Bonchev–Trinajstić information content (AvgIpc) is 2.93. The van der Waals surface area contributed by atoms with Crippen molar-refractivity contribution >= 4 is 33.8 Å². The Hall–Kier alpha value is -2.33. The van der Waals surface area contributed by atoms with Crippen molar-refractivity contribution in [2.45, 2.75) is 20.8 Å². The summed E-state index contributed by atoms with van der Waals surface area (Å²) in [5.74, 6) is 1.51. The fourth-order valence-electron chi connectivity index (χ4n) is 2.89. The van der Waals surface area contributed by atoms with E-state index in [4.69, 9.17) is 9.72 Å². The number of halogens is 1. The Kier molecular flexibility index (Phi) is 5.91. The molecule has 0 saturated heterocycles. The van der Waals surface area contributed by atoms with Crippen molar-refractivity contribution in [1.82, 2.24) is 15.0 Å². The van der Waals surface area contributed by atoms with Crippen molar-refractivity contribution in [3.63, 3.8) is 0 Å². The fourth-order valence-corrected chi connectivity index (χ4v) is 5.32. The quantitative estimate of drug-likeness (QED) is 0.521. The van der Waals surface area contributed by atoms with E-state index >= 15 is 0 Å². The van der Waals surface area contributed by atoms with Gasteiger partial charge in [-0.05, 0) is 0 Å². The minimum absolute atomic E-state index is 0.292. The van der Waals surface area contributed by atoms with Crippen LogP contribution in [0.15, 0.2) is 43.5 Å². The number of nitrogens with one attached hydrogen (secondary N) is 1. The summed E-state index contributed by atoms with van der Waals surface area (Å²) < 4.78 is 12.4. The van der Waals surface area contributed by atoms with Gasteiger partial charge in [0.1, 0.15) is 0 Å². The van der Waals surface area contributed by atoms with Crippen LogP contribution in [0.25, 0.3) is 21.5 Å². The van der Waals surface area contributed by atoms with Crippen LogP contribution < -0.4 is 31.5 Å². The molecular formula is C21H21IN5OS-. The number of aromatic nitrogens is 3. The van der Waals surface area contributed by atoms with E-state index in [1.165, 1.54) is 10.5 Å². The van der Waals surface area contributed by atoms with Crippen molar-refractivity contribution in [2.24, 2.45) is 3.21 Å². The molecular weight excluding hydrogens is 497 g/mol. The average molecular weight is 518 g/mol. The van der Waals surface area contributed by atoms with E-state index in [0.717, 1.165) is 44.4 Å². The normalized spacial score (nSPS) is 14.1. The molecule has 1 aliphatic heterocycles. The molecule has 2 aromatic heterocycles. The summed E-state index contributed by atoms with van der Waals surface area (Å²) in [4.78, 5) is 14.9. The predicted octanol–water partition coefficient (Wildman–Crippen LogP) is 1.71. The van der Waals surface area contributed by atoms with Crippen LogP contribution in [0.5, 0.6) is 5.75 Å². The Labute approximate surface area is 184 Å².